The third-order valence-corrected chi connectivity index (χ3v) is 5.34. The summed E-state index contributed by atoms with van der Waals surface area (Å²) in [7, 11) is 1.46. The van der Waals surface area contributed by atoms with Gasteiger partial charge in [-0.1, -0.05) is 97.6 Å². The van der Waals surface area contributed by atoms with Crippen LogP contribution in [0.4, 0.5) is 4.39 Å². The van der Waals surface area contributed by atoms with Crippen molar-refractivity contribution in [3.63, 3.8) is 0 Å². The number of rotatable bonds is 7. The second kappa shape index (κ2) is 21.5. The van der Waals surface area contributed by atoms with Crippen molar-refractivity contribution < 1.29 is 4.39 Å². The largest absolute Gasteiger partial charge is 0.356 e. The fraction of sp³-hybridized carbons (Fsp3) is 0.581. The van der Waals surface area contributed by atoms with Gasteiger partial charge >= 0.3 is 0 Å². The summed E-state index contributed by atoms with van der Waals surface area (Å²) in [4.78, 5) is 5.92. The molecule has 0 radical (unpaired) electrons. The first-order valence-corrected chi connectivity index (χ1v) is 14.1. The number of nitrogens with one attached hydrogen (secondary N) is 1. The first-order valence-electron chi connectivity index (χ1n) is 14.1. The molecule has 1 aliphatic carbocycles. The topological polar surface area (TPSA) is 52.4 Å². The standard InChI is InChI=1S/C23H32FN5.C3H6.C3H8.C2H6/c1-6-9-18-16-19(20(7-2)23(24)25-5)10-11-21(18)22(8-3)28-27-17(4)29-14-12-26-13-15-29;1-2-3-1;1-3-2;1-2/h7-8,10-11,16,26H,3,6,9,12-15H2,1-2,4-5H3;1-3H2;3H2,1-2H3;1-2H3/b20-7-,25-23?,27-17+,28-22+;;;. The molecule has 0 spiro atoms. The van der Waals surface area contributed by atoms with Gasteiger partial charge in [0.05, 0.1) is 5.71 Å². The van der Waals surface area contributed by atoms with Gasteiger partial charge in [0, 0.05) is 44.4 Å². The second-order valence-electron chi connectivity index (χ2n) is 8.68. The molecule has 1 heterocycles. The van der Waals surface area contributed by atoms with Crippen molar-refractivity contribution in [1.29, 1.82) is 0 Å². The van der Waals surface area contributed by atoms with E-state index in [-0.39, 0.29) is 0 Å². The predicted molar refractivity (Wildman–Crippen MR) is 164 cm³/mol. The Bertz CT molecular complexity index is 888. The van der Waals surface area contributed by atoms with Gasteiger partial charge in [-0.25, -0.2) is 0 Å². The van der Waals surface area contributed by atoms with E-state index in [4.69, 9.17) is 0 Å². The fourth-order valence-corrected chi connectivity index (χ4v) is 3.40. The van der Waals surface area contributed by atoms with E-state index in [2.05, 4.69) is 52.8 Å². The van der Waals surface area contributed by atoms with Crippen molar-refractivity contribution in [2.75, 3.05) is 33.2 Å². The first-order chi connectivity index (χ1) is 18.0. The second-order valence-corrected chi connectivity index (χ2v) is 8.68. The van der Waals surface area contributed by atoms with Gasteiger partial charge in [0.1, 0.15) is 5.84 Å². The van der Waals surface area contributed by atoms with E-state index in [1.165, 1.54) is 32.7 Å². The molecule has 2 fully saturated rings. The van der Waals surface area contributed by atoms with Gasteiger partial charge in [-0.15, -0.1) is 10.2 Å². The number of allylic oxidation sites excluding steroid dienone is 3. The van der Waals surface area contributed by atoms with Crippen molar-refractivity contribution in [2.45, 2.75) is 87.0 Å². The predicted octanol–water partition coefficient (Wildman–Crippen LogP) is 7.87. The van der Waals surface area contributed by atoms with Gasteiger partial charge in [0.25, 0.3) is 0 Å². The Morgan fingerprint density at radius 2 is 1.68 bits per heavy atom. The van der Waals surface area contributed by atoms with Gasteiger partial charge in [0.15, 0.2) is 0 Å². The molecule has 0 atom stereocenters. The van der Waals surface area contributed by atoms with Crippen molar-refractivity contribution >= 4 is 23.1 Å². The Labute approximate surface area is 226 Å². The van der Waals surface area contributed by atoms with E-state index in [1.807, 2.05) is 45.9 Å². The molecule has 1 aliphatic heterocycles. The maximum absolute atomic E-state index is 14.1. The van der Waals surface area contributed by atoms with Crippen LogP contribution in [-0.2, 0) is 6.42 Å². The van der Waals surface area contributed by atoms with E-state index in [0.717, 1.165) is 67.3 Å². The van der Waals surface area contributed by atoms with Crippen LogP contribution in [0.25, 0.3) is 5.57 Å². The average molecular weight is 514 g/mol. The number of benzene rings is 1. The Hall–Kier alpha value is -2.60. The molecule has 1 saturated heterocycles. The van der Waals surface area contributed by atoms with Crippen LogP contribution in [0.1, 0.15) is 97.3 Å². The molecule has 3 rings (SSSR count). The van der Waals surface area contributed by atoms with Crippen molar-refractivity contribution in [1.82, 2.24) is 10.2 Å². The molecule has 1 aromatic carbocycles. The molecule has 1 N–H and O–H groups in total. The van der Waals surface area contributed by atoms with E-state index in [0.29, 0.717) is 5.57 Å². The molecule has 1 saturated carbocycles. The van der Waals surface area contributed by atoms with Gasteiger partial charge in [-0.3, -0.25) is 4.99 Å². The third kappa shape index (κ3) is 13.5. The van der Waals surface area contributed by atoms with Crippen molar-refractivity contribution in [3.05, 3.63) is 53.6 Å². The highest BCUT2D eigenvalue weighted by molar-refractivity contribution is 6.19. The highest BCUT2D eigenvalue weighted by Crippen LogP contribution is 2.23. The summed E-state index contributed by atoms with van der Waals surface area (Å²) in [6.45, 7) is 21.9. The number of halogens is 1. The minimum atomic E-state index is -0.462. The Morgan fingerprint density at radius 1 is 1.08 bits per heavy atom. The summed E-state index contributed by atoms with van der Waals surface area (Å²) in [5, 5.41) is 12.3. The lowest BCUT2D eigenvalue weighted by Crippen LogP contribution is -2.45. The highest BCUT2D eigenvalue weighted by Gasteiger charge is 2.14. The van der Waals surface area contributed by atoms with Crippen LogP contribution in [-0.4, -0.2) is 55.6 Å². The van der Waals surface area contributed by atoms with Crippen LogP contribution in [0.2, 0.25) is 0 Å². The van der Waals surface area contributed by atoms with Crippen LogP contribution in [0.5, 0.6) is 0 Å². The minimum Gasteiger partial charge on any atom is -0.356 e. The zero-order valence-corrected chi connectivity index (χ0v) is 24.8. The van der Waals surface area contributed by atoms with Crippen LogP contribution < -0.4 is 5.32 Å². The fourth-order valence-electron chi connectivity index (χ4n) is 3.40. The Kier molecular flexibility index (Phi) is 20.0. The SMILES string of the molecule is C1CC1.C=C/C(=N\N=C(/C)N1CCNCC1)c1ccc(/C(=C/C)C(F)=NC)cc1CCC.CC.CCC. The molecule has 208 valence electrons. The van der Waals surface area contributed by atoms with Gasteiger partial charge < -0.3 is 10.2 Å². The van der Waals surface area contributed by atoms with Crippen LogP contribution >= 0.6 is 0 Å². The maximum atomic E-state index is 14.1. The molecule has 37 heavy (non-hydrogen) atoms. The summed E-state index contributed by atoms with van der Waals surface area (Å²) in [5.41, 5.74) is 4.11. The summed E-state index contributed by atoms with van der Waals surface area (Å²) in [6, 6.07) is 5.90. The summed E-state index contributed by atoms with van der Waals surface area (Å²) >= 11 is 0. The van der Waals surface area contributed by atoms with Gasteiger partial charge in [-0.2, -0.15) is 4.39 Å². The monoisotopic (exact) mass is 513 g/mol. The number of hydrogen-bond donors (Lipinski definition) is 1. The lowest BCUT2D eigenvalue weighted by atomic mass is 9.94. The normalized spacial score (nSPS) is 15.9. The minimum absolute atomic E-state index is 0.462. The van der Waals surface area contributed by atoms with Gasteiger partial charge in [-0.05, 0) is 37.5 Å². The van der Waals surface area contributed by atoms with Crippen LogP contribution in [0.15, 0.2) is 52.1 Å². The molecule has 5 nitrogen and oxygen atoms in total. The third-order valence-electron chi connectivity index (χ3n) is 5.34. The first kappa shape index (κ1) is 34.4. The number of aryl methyl sites for hydroxylation is 1. The van der Waals surface area contributed by atoms with E-state index < -0.39 is 5.97 Å². The van der Waals surface area contributed by atoms with Crippen LogP contribution in [0.3, 0.4) is 0 Å². The molecule has 0 bridgehead atoms. The number of aliphatic imine (C=N–C) groups is 1. The van der Waals surface area contributed by atoms with Crippen molar-refractivity contribution in [2.24, 2.45) is 15.2 Å². The quantitative estimate of drug-likeness (QED) is 0.229. The number of amidine groups is 1. The molecule has 1 aromatic rings. The molecule has 0 aromatic heterocycles. The number of nitrogens with zero attached hydrogens (tertiary/aromatic N) is 4. The summed E-state index contributed by atoms with van der Waals surface area (Å²) in [6.07, 6.45) is 11.1. The Morgan fingerprint density at radius 3 is 2.14 bits per heavy atom. The Balaban J connectivity index is 0.00000141. The summed E-state index contributed by atoms with van der Waals surface area (Å²) < 4.78 is 14.1. The van der Waals surface area contributed by atoms with Crippen molar-refractivity contribution in [3.8, 4) is 0 Å². The maximum Gasteiger partial charge on any atom is 0.215 e. The molecule has 2 aliphatic rings. The van der Waals surface area contributed by atoms with Gasteiger partial charge in [0.2, 0.25) is 5.97 Å². The average Bonchev–Trinajstić information content (AvgIpc) is 3.82. The lowest BCUT2D eigenvalue weighted by molar-refractivity contribution is 0.355. The number of piperazine rings is 1. The van der Waals surface area contributed by atoms with E-state index in [1.54, 1.807) is 12.2 Å². The molecular weight excluding hydrogens is 461 g/mol. The molecule has 0 unspecified atom stereocenters. The van der Waals surface area contributed by atoms with E-state index in [9.17, 15) is 4.39 Å². The molecule has 0 amide bonds. The molecule has 6 heteroatoms. The molecular formula is C31H52FN5. The van der Waals surface area contributed by atoms with Crippen LogP contribution in [0, 0.1) is 0 Å². The number of hydrogen-bond acceptors (Lipinski definition) is 4. The summed E-state index contributed by atoms with van der Waals surface area (Å²) in [5.74, 6) is 0.438. The highest BCUT2D eigenvalue weighted by atomic mass is 19.1. The lowest BCUT2D eigenvalue weighted by Gasteiger charge is -2.28. The zero-order valence-electron chi connectivity index (χ0n) is 24.8. The van der Waals surface area contributed by atoms with E-state index >= 15 is 0 Å². The zero-order chi connectivity index (χ0) is 28.1. The smallest absolute Gasteiger partial charge is 0.215 e.